The van der Waals surface area contributed by atoms with Gasteiger partial charge in [0.25, 0.3) is 5.91 Å². The van der Waals surface area contributed by atoms with Crippen LogP contribution in [0.4, 0.5) is 11.4 Å². The van der Waals surface area contributed by atoms with E-state index in [0.717, 1.165) is 12.0 Å². The van der Waals surface area contributed by atoms with Gasteiger partial charge < -0.3 is 25.0 Å². The van der Waals surface area contributed by atoms with Gasteiger partial charge >= 0.3 is 0 Å². The van der Waals surface area contributed by atoms with Gasteiger partial charge in [0.05, 0.1) is 13.0 Å². The number of rotatable bonds is 10. The number of hydrogen-bond acceptors (Lipinski definition) is 5. The molecule has 37 heavy (non-hydrogen) atoms. The van der Waals surface area contributed by atoms with Crippen molar-refractivity contribution in [3.63, 3.8) is 0 Å². The summed E-state index contributed by atoms with van der Waals surface area (Å²) in [7, 11) is 1.56. The highest BCUT2D eigenvalue weighted by Gasteiger charge is 2.35. The molecule has 3 aromatic carbocycles. The largest absolute Gasteiger partial charge is 0.497 e. The van der Waals surface area contributed by atoms with E-state index in [1.54, 1.807) is 60.5 Å². The third-order valence-electron chi connectivity index (χ3n) is 6.27. The molecule has 0 unspecified atom stereocenters. The van der Waals surface area contributed by atoms with E-state index in [0.29, 0.717) is 36.0 Å². The first-order valence-corrected chi connectivity index (χ1v) is 12.3. The van der Waals surface area contributed by atoms with E-state index in [-0.39, 0.29) is 30.7 Å². The average Bonchev–Trinajstić information content (AvgIpc) is 3.32. The molecule has 1 aliphatic rings. The van der Waals surface area contributed by atoms with Gasteiger partial charge in [-0.15, -0.1) is 0 Å². The minimum Gasteiger partial charge on any atom is -0.497 e. The third kappa shape index (κ3) is 6.88. The van der Waals surface area contributed by atoms with Crippen LogP contribution in [0.5, 0.6) is 11.5 Å². The second kappa shape index (κ2) is 12.1. The van der Waals surface area contributed by atoms with Crippen LogP contribution in [0.1, 0.15) is 24.5 Å². The van der Waals surface area contributed by atoms with Crippen molar-refractivity contribution < 1.29 is 23.9 Å². The number of ether oxygens (including phenoxy) is 2. The van der Waals surface area contributed by atoms with Crippen molar-refractivity contribution in [1.29, 1.82) is 0 Å². The summed E-state index contributed by atoms with van der Waals surface area (Å²) >= 11 is 0. The zero-order valence-corrected chi connectivity index (χ0v) is 21.0. The molecule has 1 heterocycles. The summed E-state index contributed by atoms with van der Waals surface area (Å²) in [4.78, 5) is 39.1. The van der Waals surface area contributed by atoms with Crippen LogP contribution in [0.25, 0.3) is 0 Å². The van der Waals surface area contributed by atoms with Crippen LogP contribution in [0.15, 0.2) is 72.8 Å². The monoisotopic (exact) mass is 501 g/mol. The standard InChI is InChI=1S/C29H31N3O5/c1-3-20-7-9-21(10-8-20)17-30-29(35)22-15-28(34)32(18-22)24-11-13-25(14-12-24)37-19-27(33)31-23-5-4-6-26(16-23)36-2/h4-14,16,22H,3,15,17-19H2,1-2H3,(H,30,35)(H,31,33)/t22-/m0/s1. The van der Waals surface area contributed by atoms with Crippen molar-refractivity contribution in [2.24, 2.45) is 5.92 Å². The van der Waals surface area contributed by atoms with E-state index >= 15 is 0 Å². The molecule has 192 valence electrons. The molecule has 0 spiro atoms. The first-order chi connectivity index (χ1) is 17.9. The number of nitrogens with zero attached hydrogens (tertiary/aromatic N) is 1. The Bertz CT molecular complexity index is 1240. The molecule has 8 heteroatoms. The van der Waals surface area contributed by atoms with Gasteiger partial charge in [0.1, 0.15) is 11.5 Å². The highest BCUT2D eigenvalue weighted by molar-refractivity contribution is 6.00. The fourth-order valence-corrected chi connectivity index (χ4v) is 4.13. The number of amides is 3. The number of anilines is 2. The van der Waals surface area contributed by atoms with Crippen molar-refractivity contribution in [1.82, 2.24) is 5.32 Å². The Hall–Kier alpha value is -4.33. The SMILES string of the molecule is CCc1ccc(CNC(=O)[C@H]2CC(=O)N(c3ccc(OCC(=O)Nc4cccc(OC)c4)cc3)C2)cc1. The van der Waals surface area contributed by atoms with E-state index in [1.165, 1.54) is 5.56 Å². The fourth-order valence-electron chi connectivity index (χ4n) is 4.13. The summed E-state index contributed by atoms with van der Waals surface area (Å²) in [6, 6.07) is 22.1. The van der Waals surface area contributed by atoms with Crippen molar-refractivity contribution in [2.45, 2.75) is 26.3 Å². The predicted molar refractivity (Wildman–Crippen MR) is 142 cm³/mol. The van der Waals surface area contributed by atoms with Crippen molar-refractivity contribution in [2.75, 3.05) is 30.5 Å². The summed E-state index contributed by atoms with van der Waals surface area (Å²) in [6.07, 6.45) is 1.14. The maximum atomic E-state index is 12.7. The minimum atomic E-state index is -0.404. The Morgan fingerprint density at radius 3 is 2.41 bits per heavy atom. The molecule has 0 radical (unpaired) electrons. The second-order valence-electron chi connectivity index (χ2n) is 8.86. The topological polar surface area (TPSA) is 97.0 Å². The van der Waals surface area contributed by atoms with Gasteiger partial charge in [0.2, 0.25) is 11.8 Å². The molecule has 8 nitrogen and oxygen atoms in total. The highest BCUT2D eigenvalue weighted by Crippen LogP contribution is 2.27. The summed E-state index contributed by atoms with van der Waals surface area (Å²) in [5.41, 5.74) is 3.58. The highest BCUT2D eigenvalue weighted by atomic mass is 16.5. The smallest absolute Gasteiger partial charge is 0.262 e. The molecular formula is C29H31N3O5. The summed E-state index contributed by atoms with van der Waals surface area (Å²) in [5.74, 6) is 0.212. The lowest BCUT2D eigenvalue weighted by Gasteiger charge is -2.17. The molecule has 0 saturated carbocycles. The summed E-state index contributed by atoms with van der Waals surface area (Å²) in [5, 5.41) is 5.70. The Morgan fingerprint density at radius 1 is 0.973 bits per heavy atom. The van der Waals surface area contributed by atoms with Crippen LogP contribution in [-0.2, 0) is 27.3 Å². The average molecular weight is 502 g/mol. The number of hydrogen-bond donors (Lipinski definition) is 2. The number of carbonyl (C=O) groups is 3. The number of methoxy groups -OCH3 is 1. The van der Waals surface area contributed by atoms with Gasteiger partial charge in [0.15, 0.2) is 6.61 Å². The van der Waals surface area contributed by atoms with E-state index in [9.17, 15) is 14.4 Å². The van der Waals surface area contributed by atoms with Gasteiger partial charge in [-0.2, -0.15) is 0 Å². The van der Waals surface area contributed by atoms with Gasteiger partial charge in [-0.1, -0.05) is 37.3 Å². The molecule has 1 saturated heterocycles. The quantitative estimate of drug-likeness (QED) is 0.439. The van der Waals surface area contributed by atoms with Crippen LogP contribution < -0.4 is 25.0 Å². The molecule has 0 aliphatic carbocycles. The van der Waals surface area contributed by atoms with Crippen LogP contribution in [0.2, 0.25) is 0 Å². The lowest BCUT2D eigenvalue weighted by atomic mass is 10.1. The normalized spacial score (nSPS) is 14.8. The van der Waals surface area contributed by atoms with Crippen LogP contribution >= 0.6 is 0 Å². The Morgan fingerprint density at radius 2 is 1.70 bits per heavy atom. The molecule has 1 fully saturated rings. The number of aryl methyl sites for hydroxylation is 1. The fraction of sp³-hybridized carbons (Fsp3) is 0.276. The van der Waals surface area contributed by atoms with E-state index in [2.05, 4.69) is 29.7 Å². The van der Waals surface area contributed by atoms with Crippen molar-refractivity contribution in [3.8, 4) is 11.5 Å². The van der Waals surface area contributed by atoms with Gasteiger partial charge in [-0.3, -0.25) is 14.4 Å². The van der Waals surface area contributed by atoms with E-state index in [1.807, 2.05) is 12.1 Å². The summed E-state index contributed by atoms with van der Waals surface area (Å²) in [6.45, 7) is 2.69. The van der Waals surface area contributed by atoms with E-state index in [4.69, 9.17) is 9.47 Å². The Kier molecular flexibility index (Phi) is 8.40. The molecule has 1 atom stereocenters. The van der Waals surface area contributed by atoms with Crippen molar-refractivity contribution in [3.05, 3.63) is 83.9 Å². The molecule has 1 aliphatic heterocycles. The second-order valence-corrected chi connectivity index (χ2v) is 8.86. The molecule has 4 rings (SSSR count). The zero-order valence-electron chi connectivity index (χ0n) is 21.0. The van der Waals surface area contributed by atoms with Gasteiger partial charge in [-0.05, 0) is 53.9 Å². The van der Waals surface area contributed by atoms with E-state index < -0.39 is 5.92 Å². The first kappa shape index (κ1) is 25.8. The molecular weight excluding hydrogens is 470 g/mol. The Balaban J connectivity index is 1.25. The van der Waals surface area contributed by atoms with Gasteiger partial charge in [0, 0.05) is 37.0 Å². The number of carbonyl (C=O) groups excluding carboxylic acids is 3. The molecule has 0 aromatic heterocycles. The third-order valence-corrected chi connectivity index (χ3v) is 6.27. The first-order valence-electron chi connectivity index (χ1n) is 12.3. The number of benzene rings is 3. The lowest BCUT2D eigenvalue weighted by molar-refractivity contribution is -0.126. The van der Waals surface area contributed by atoms with Crippen LogP contribution in [0, 0.1) is 5.92 Å². The zero-order chi connectivity index (χ0) is 26.2. The molecule has 3 amide bonds. The van der Waals surface area contributed by atoms with Gasteiger partial charge in [-0.25, -0.2) is 0 Å². The molecule has 3 aromatic rings. The Labute approximate surface area is 216 Å². The number of nitrogens with one attached hydrogen (secondary N) is 2. The lowest BCUT2D eigenvalue weighted by Crippen LogP contribution is -2.32. The maximum Gasteiger partial charge on any atom is 0.262 e. The molecule has 2 N–H and O–H groups in total. The molecule has 0 bridgehead atoms. The minimum absolute atomic E-state index is 0.0983. The van der Waals surface area contributed by atoms with Crippen LogP contribution in [0.3, 0.4) is 0 Å². The summed E-state index contributed by atoms with van der Waals surface area (Å²) < 4.78 is 10.7. The van der Waals surface area contributed by atoms with Crippen molar-refractivity contribution >= 4 is 29.1 Å². The van der Waals surface area contributed by atoms with Crippen LogP contribution in [-0.4, -0.2) is 38.0 Å². The predicted octanol–water partition coefficient (Wildman–Crippen LogP) is 3.94. The maximum absolute atomic E-state index is 12.7.